The molecule has 3 saturated carbocycles. The first-order valence-corrected chi connectivity index (χ1v) is 16.7. The summed E-state index contributed by atoms with van der Waals surface area (Å²) in [4.78, 5) is 44.1. The van der Waals surface area contributed by atoms with E-state index in [1.165, 1.54) is 0 Å². The molecule has 5 N–H and O–H groups in total. The van der Waals surface area contributed by atoms with Gasteiger partial charge in [-0.25, -0.2) is 15.1 Å². The summed E-state index contributed by atoms with van der Waals surface area (Å²) < 4.78 is 13.3. The molecule has 46 heavy (non-hydrogen) atoms. The van der Waals surface area contributed by atoms with Crippen molar-refractivity contribution in [2.24, 2.45) is 33.9 Å². The number of rotatable bonds is 15. The van der Waals surface area contributed by atoms with Gasteiger partial charge in [0.25, 0.3) is 11.9 Å². The highest BCUT2D eigenvalue weighted by molar-refractivity contribution is 6.48. The van der Waals surface area contributed by atoms with Crippen LogP contribution in [0.5, 0.6) is 0 Å². The third-order valence-electron chi connectivity index (χ3n) is 10.4. The van der Waals surface area contributed by atoms with Crippen molar-refractivity contribution in [1.82, 2.24) is 16.1 Å². The topological polar surface area (TPSA) is 173 Å². The number of carbonyl (C=O) groups is 2. The monoisotopic (exact) mass is 641 g/mol. The Bertz CT molecular complexity index is 1270. The highest BCUT2D eigenvalue weighted by Gasteiger charge is 2.68. The Labute approximate surface area is 273 Å². The van der Waals surface area contributed by atoms with Crippen molar-refractivity contribution >= 4 is 30.6 Å². The number of guanidine groups is 1. The van der Waals surface area contributed by atoms with Gasteiger partial charge < -0.3 is 30.6 Å². The van der Waals surface area contributed by atoms with Crippen molar-refractivity contribution in [3.05, 3.63) is 39.9 Å². The number of benzene rings is 1. The molecule has 2 bridgehead atoms. The molecule has 1 saturated heterocycles. The van der Waals surface area contributed by atoms with Crippen LogP contribution in [-0.4, -0.2) is 73.2 Å². The Kier molecular flexibility index (Phi) is 11.2. The summed E-state index contributed by atoms with van der Waals surface area (Å²) in [6.45, 7) is 16.9. The van der Waals surface area contributed by atoms with Gasteiger partial charge in [0, 0.05) is 30.9 Å². The lowest BCUT2D eigenvalue weighted by Crippen LogP contribution is -2.65. The molecule has 1 aliphatic heterocycles. The summed E-state index contributed by atoms with van der Waals surface area (Å²) in [6.07, 6.45) is 3.28. The van der Waals surface area contributed by atoms with Gasteiger partial charge in [-0.05, 0) is 100 Å². The molecule has 1 aromatic rings. The summed E-state index contributed by atoms with van der Waals surface area (Å²) >= 11 is 0. The van der Waals surface area contributed by atoms with Crippen LogP contribution in [0.15, 0.2) is 29.3 Å². The molecule has 3 aliphatic carbocycles. The maximum Gasteiger partial charge on any atom is 0.481 e. The lowest BCUT2D eigenvalue weighted by molar-refractivity contribution is -0.525. The molecule has 1 heterocycles. The van der Waals surface area contributed by atoms with E-state index >= 15 is 0 Å². The van der Waals surface area contributed by atoms with E-state index in [4.69, 9.17) is 15.0 Å². The summed E-state index contributed by atoms with van der Waals surface area (Å²) in [7, 11) is -0.599. The maximum atomic E-state index is 13.9. The Morgan fingerprint density at radius 1 is 1.15 bits per heavy atom. The van der Waals surface area contributed by atoms with E-state index in [2.05, 4.69) is 69.0 Å². The van der Waals surface area contributed by atoms with E-state index in [-0.39, 0.29) is 48.2 Å². The van der Waals surface area contributed by atoms with Crippen molar-refractivity contribution in [3.8, 4) is 0 Å². The Morgan fingerprint density at radius 2 is 1.83 bits per heavy atom. The van der Waals surface area contributed by atoms with Crippen LogP contribution in [0.1, 0.15) is 90.9 Å². The molecule has 6 atom stereocenters. The first kappa shape index (κ1) is 35.5. The van der Waals surface area contributed by atoms with Crippen LogP contribution < -0.4 is 26.7 Å². The molecule has 254 valence electrons. The smallest absolute Gasteiger partial charge is 0.404 e. The normalized spacial score (nSPS) is 26.0. The number of hydrazine groups is 1. The van der Waals surface area contributed by atoms with Gasteiger partial charge in [0.15, 0.2) is 5.03 Å². The third-order valence-corrected chi connectivity index (χ3v) is 10.4. The van der Waals surface area contributed by atoms with Crippen LogP contribution >= 0.6 is 0 Å². The number of amides is 2. The number of hydrogen-bond donors (Lipinski definition) is 4. The van der Waals surface area contributed by atoms with Gasteiger partial charge in [-0.15, -0.1) is 0 Å². The van der Waals surface area contributed by atoms with E-state index in [1.807, 2.05) is 17.6 Å². The zero-order valence-corrected chi connectivity index (χ0v) is 28.4. The molecule has 0 unspecified atom stereocenters. The second-order valence-corrected chi connectivity index (χ2v) is 14.1. The zero-order chi connectivity index (χ0) is 33.8. The lowest BCUT2D eigenvalue weighted by atomic mass is 9.43. The average molecular weight is 642 g/mol. The molecular formula is C32H52BN7O6. The number of nitro groups is 1. The minimum Gasteiger partial charge on any atom is -0.404 e. The molecule has 14 heteroatoms. The number of nitrogens with zero attached hydrogens (tertiary/aromatic N) is 3. The van der Waals surface area contributed by atoms with Gasteiger partial charge in [-0.1, -0.05) is 33.1 Å². The van der Waals surface area contributed by atoms with E-state index in [9.17, 15) is 19.7 Å². The van der Waals surface area contributed by atoms with Gasteiger partial charge in [0.1, 0.15) is 6.04 Å². The van der Waals surface area contributed by atoms with Crippen LogP contribution in [0.2, 0.25) is 0 Å². The third kappa shape index (κ3) is 7.76. The van der Waals surface area contributed by atoms with Crippen LogP contribution in [-0.2, 0) is 14.1 Å². The largest absolute Gasteiger partial charge is 0.481 e. The van der Waals surface area contributed by atoms with Gasteiger partial charge in [-0.2, -0.15) is 0 Å². The SMILES string of the molecule is CCN(CC)c1ccc(C(=O)N[C@@H](CCCN=C(N)N[N+](=O)[O-])C(=O)N[C@@H](CC(C)C)B2O[C@@H]3C[C@@H]4C[C@@H](C4(C)C)[C@]3(C)O2)cc1. The van der Waals surface area contributed by atoms with Gasteiger partial charge >= 0.3 is 7.12 Å². The molecule has 0 aromatic heterocycles. The lowest BCUT2D eigenvalue weighted by Gasteiger charge is -2.64. The fourth-order valence-electron chi connectivity index (χ4n) is 7.65. The van der Waals surface area contributed by atoms with Crippen molar-refractivity contribution < 1.29 is 23.9 Å². The quantitative estimate of drug-likeness (QED) is 0.0560. The second kappa shape index (κ2) is 14.6. The maximum absolute atomic E-state index is 13.9. The fraction of sp³-hybridized carbons (Fsp3) is 0.719. The number of anilines is 1. The van der Waals surface area contributed by atoms with E-state index in [1.54, 1.807) is 12.1 Å². The average Bonchev–Trinajstić information content (AvgIpc) is 3.36. The summed E-state index contributed by atoms with van der Waals surface area (Å²) in [5.41, 5.74) is 8.59. The zero-order valence-electron chi connectivity index (χ0n) is 28.4. The molecule has 4 aliphatic rings. The van der Waals surface area contributed by atoms with Crippen molar-refractivity contribution in [3.63, 3.8) is 0 Å². The number of nitrogens with two attached hydrogens (primary N) is 1. The van der Waals surface area contributed by atoms with Crippen molar-refractivity contribution in [2.45, 2.75) is 104 Å². The molecule has 5 rings (SSSR count). The van der Waals surface area contributed by atoms with Gasteiger partial charge in [-0.3, -0.25) is 9.59 Å². The van der Waals surface area contributed by atoms with Crippen molar-refractivity contribution in [2.75, 3.05) is 24.5 Å². The number of nitrogens with one attached hydrogen (secondary N) is 3. The number of carbonyl (C=O) groups excluding carboxylic acids is 2. The van der Waals surface area contributed by atoms with E-state index in [0.717, 1.165) is 31.6 Å². The van der Waals surface area contributed by atoms with Gasteiger partial charge in [0.2, 0.25) is 5.91 Å². The van der Waals surface area contributed by atoms with Crippen LogP contribution in [0.4, 0.5) is 5.69 Å². The Balaban J connectivity index is 1.48. The summed E-state index contributed by atoms with van der Waals surface area (Å²) in [5.74, 6) is -0.222. The van der Waals surface area contributed by atoms with Crippen LogP contribution in [0, 0.1) is 33.3 Å². The molecule has 1 aromatic carbocycles. The van der Waals surface area contributed by atoms with Gasteiger partial charge in [0.05, 0.1) is 17.6 Å². The standard InChI is InChI=1S/C32H52BN7O6/c1-8-39(9-2)23-14-12-21(13-15-23)28(41)36-24(11-10-16-35-30(34)38-40(43)44)29(42)37-27(17-20(3)4)33-45-26-19-22-18-25(31(22,5)6)32(26,7)46-33/h12-15,20,22,24-27H,8-11,16-19H2,1-7H3,(H,36,41)(H,37,42)(H3,34,35,38)/t22-,24-,25-,26+,27-,32-/m0/s1. The summed E-state index contributed by atoms with van der Waals surface area (Å²) in [5, 5.41) is 15.9. The van der Waals surface area contributed by atoms with Crippen LogP contribution in [0.25, 0.3) is 0 Å². The van der Waals surface area contributed by atoms with E-state index < -0.39 is 29.7 Å². The first-order valence-electron chi connectivity index (χ1n) is 16.7. The fourth-order valence-corrected chi connectivity index (χ4v) is 7.65. The molecular weight excluding hydrogens is 589 g/mol. The highest BCUT2D eigenvalue weighted by Crippen LogP contribution is 2.65. The van der Waals surface area contributed by atoms with E-state index in [0.29, 0.717) is 30.2 Å². The van der Waals surface area contributed by atoms with Crippen LogP contribution in [0.3, 0.4) is 0 Å². The minimum absolute atomic E-state index is 0.0215. The predicted molar refractivity (Wildman–Crippen MR) is 179 cm³/mol. The molecule has 13 nitrogen and oxygen atoms in total. The Hall–Kier alpha value is -3.39. The minimum atomic E-state index is -0.893. The predicted octanol–water partition coefficient (Wildman–Crippen LogP) is 3.31. The number of hydrogen-bond acceptors (Lipinski definition) is 8. The second-order valence-electron chi connectivity index (χ2n) is 14.1. The molecule has 4 fully saturated rings. The first-order chi connectivity index (χ1) is 21.7. The molecule has 2 amide bonds. The molecule has 0 spiro atoms. The Morgan fingerprint density at radius 3 is 2.41 bits per heavy atom. The summed E-state index contributed by atoms with van der Waals surface area (Å²) in [6, 6.07) is 6.41. The molecule has 0 radical (unpaired) electrons. The highest BCUT2D eigenvalue weighted by atomic mass is 16.7. The van der Waals surface area contributed by atoms with Crippen molar-refractivity contribution in [1.29, 1.82) is 0 Å². The number of aliphatic imine (C=N–C) groups is 1.